The van der Waals surface area contributed by atoms with E-state index in [0.717, 1.165) is 30.8 Å². The van der Waals surface area contributed by atoms with Gasteiger partial charge in [0.15, 0.2) is 5.96 Å². The molecule has 0 saturated carbocycles. The number of nitrogens with zero attached hydrogens (tertiary/aromatic N) is 3. The first-order chi connectivity index (χ1) is 13.6. The van der Waals surface area contributed by atoms with Crippen molar-refractivity contribution >= 4 is 41.8 Å². The number of alkyl carbamates (subject to hydrolysis) is 1. The number of nitrogens with one attached hydrogen (secondary N) is 3. The zero-order valence-corrected chi connectivity index (χ0v) is 21.7. The molecule has 0 aliphatic heterocycles. The van der Waals surface area contributed by atoms with Crippen molar-refractivity contribution in [2.75, 3.05) is 32.6 Å². The summed E-state index contributed by atoms with van der Waals surface area (Å²) in [7, 11) is 5.67. The molecule has 0 fully saturated rings. The van der Waals surface area contributed by atoms with Crippen molar-refractivity contribution in [2.24, 2.45) is 4.99 Å². The number of hydrogen-bond donors (Lipinski definition) is 3. The van der Waals surface area contributed by atoms with Gasteiger partial charge in [-0.3, -0.25) is 4.99 Å². The topological polar surface area (TPSA) is 90.9 Å². The molecule has 0 radical (unpaired) electrons. The molecule has 0 aliphatic rings. The van der Waals surface area contributed by atoms with Gasteiger partial charge in [-0.2, -0.15) is 0 Å². The lowest BCUT2D eigenvalue weighted by Crippen LogP contribution is -2.48. The number of guanidine groups is 1. The van der Waals surface area contributed by atoms with E-state index in [1.807, 2.05) is 58.0 Å². The van der Waals surface area contributed by atoms with Gasteiger partial charge in [0.05, 0.1) is 12.2 Å². The van der Waals surface area contributed by atoms with Crippen LogP contribution in [0.3, 0.4) is 0 Å². The summed E-state index contributed by atoms with van der Waals surface area (Å²) in [5.41, 5.74) is 0.415. The van der Waals surface area contributed by atoms with Gasteiger partial charge in [0.1, 0.15) is 11.4 Å². The molecule has 0 saturated heterocycles. The zero-order chi connectivity index (χ0) is 21.9. The minimum absolute atomic E-state index is 0. The highest BCUT2D eigenvalue weighted by atomic mass is 127. The molecule has 1 atom stereocenters. The number of anilines is 1. The molecule has 1 aromatic rings. The smallest absolute Gasteiger partial charge is 0.407 e. The highest BCUT2D eigenvalue weighted by Gasteiger charge is 2.18. The third kappa shape index (κ3) is 12.0. The van der Waals surface area contributed by atoms with Crippen molar-refractivity contribution in [3.63, 3.8) is 0 Å². The van der Waals surface area contributed by atoms with Crippen LogP contribution in [0, 0.1) is 0 Å². The summed E-state index contributed by atoms with van der Waals surface area (Å²) in [6, 6.07) is 5.99. The molecule has 0 bridgehead atoms. The SMILES string of the molecule is CCCCC(CNC(=O)OC(C)(C)C)NC(=NC)NCc1cccc(N(C)C)n1.I. The van der Waals surface area contributed by atoms with Gasteiger partial charge in [0, 0.05) is 33.7 Å². The second kappa shape index (κ2) is 14.3. The van der Waals surface area contributed by atoms with Crippen molar-refractivity contribution in [3.05, 3.63) is 23.9 Å². The van der Waals surface area contributed by atoms with Crippen LogP contribution in [0.1, 0.15) is 52.7 Å². The highest BCUT2D eigenvalue weighted by Crippen LogP contribution is 2.08. The van der Waals surface area contributed by atoms with Crippen molar-refractivity contribution < 1.29 is 9.53 Å². The highest BCUT2D eigenvalue weighted by molar-refractivity contribution is 14.0. The quantitative estimate of drug-likeness (QED) is 0.255. The average molecular weight is 534 g/mol. The van der Waals surface area contributed by atoms with E-state index in [0.29, 0.717) is 19.0 Å². The van der Waals surface area contributed by atoms with Crippen molar-refractivity contribution in [2.45, 2.75) is 65.1 Å². The molecule has 1 heterocycles. The van der Waals surface area contributed by atoms with Crippen LogP contribution in [0.15, 0.2) is 23.2 Å². The molecule has 172 valence electrons. The van der Waals surface area contributed by atoms with Gasteiger partial charge < -0.3 is 25.6 Å². The Hall–Kier alpha value is -1.78. The molecule has 0 spiro atoms. The van der Waals surface area contributed by atoms with Crippen LogP contribution in [0.4, 0.5) is 10.6 Å². The average Bonchev–Trinajstić information content (AvgIpc) is 2.65. The molecular formula is C21H39IN6O2. The Balaban J connectivity index is 0.00000841. The van der Waals surface area contributed by atoms with E-state index < -0.39 is 11.7 Å². The standard InChI is InChI=1S/C21H38N6O2.HI/c1-8-9-11-17(15-24-20(28)29-21(2,3)4)26-19(22-5)23-14-16-12-10-13-18(25-16)27(6)7;/h10,12-13,17H,8-9,11,14-15H2,1-7H3,(H,24,28)(H2,22,23,26);1H. The van der Waals surface area contributed by atoms with Crippen LogP contribution in [0.25, 0.3) is 0 Å². The summed E-state index contributed by atoms with van der Waals surface area (Å²) in [5, 5.41) is 9.54. The van der Waals surface area contributed by atoms with Gasteiger partial charge in [-0.15, -0.1) is 24.0 Å². The molecule has 1 amide bonds. The molecule has 0 aromatic carbocycles. The minimum Gasteiger partial charge on any atom is -0.444 e. The lowest BCUT2D eigenvalue weighted by molar-refractivity contribution is 0.0523. The van der Waals surface area contributed by atoms with Crippen LogP contribution in [-0.2, 0) is 11.3 Å². The van der Waals surface area contributed by atoms with E-state index in [-0.39, 0.29) is 30.0 Å². The van der Waals surface area contributed by atoms with Gasteiger partial charge in [-0.05, 0) is 39.3 Å². The van der Waals surface area contributed by atoms with Crippen LogP contribution < -0.4 is 20.9 Å². The van der Waals surface area contributed by atoms with E-state index in [1.54, 1.807) is 7.05 Å². The maximum Gasteiger partial charge on any atom is 0.407 e. The van der Waals surface area contributed by atoms with Gasteiger partial charge in [-0.25, -0.2) is 9.78 Å². The third-order valence-corrected chi connectivity index (χ3v) is 4.05. The molecule has 1 unspecified atom stereocenters. The van der Waals surface area contributed by atoms with E-state index in [9.17, 15) is 4.79 Å². The number of pyridine rings is 1. The third-order valence-electron chi connectivity index (χ3n) is 4.05. The first-order valence-electron chi connectivity index (χ1n) is 10.2. The molecule has 1 rings (SSSR count). The molecule has 9 heteroatoms. The van der Waals surface area contributed by atoms with Gasteiger partial charge >= 0.3 is 6.09 Å². The molecular weight excluding hydrogens is 495 g/mol. The summed E-state index contributed by atoms with van der Waals surface area (Å²) >= 11 is 0. The van der Waals surface area contributed by atoms with E-state index >= 15 is 0 Å². The second-order valence-corrected chi connectivity index (χ2v) is 8.17. The Morgan fingerprint density at radius 1 is 1.27 bits per heavy atom. The van der Waals surface area contributed by atoms with Crippen molar-refractivity contribution in [3.8, 4) is 0 Å². The van der Waals surface area contributed by atoms with Crippen LogP contribution in [0.5, 0.6) is 0 Å². The van der Waals surface area contributed by atoms with Crippen LogP contribution in [0.2, 0.25) is 0 Å². The fourth-order valence-corrected chi connectivity index (χ4v) is 2.57. The lowest BCUT2D eigenvalue weighted by Gasteiger charge is -2.24. The Bertz CT molecular complexity index is 661. The Morgan fingerprint density at radius 3 is 2.53 bits per heavy atom. The second-order valence-electron chi connectivity index (χ2n) is 8.17. The number of amides is 1. The summed E-state index contributed by atoms with van der Waals surface area (Å²) in [4.78, 5) is 22.9. The van der Waals surface area contributed by atoms with E-state index in [1.165, 1.54) is 0 Å². The molecule has 30 heavy (non-hydrogen) atoms. The Labute approximate surface area is 198 Å². The van der Waals surface area contributed by atoms with Crippen LogP contribution in [-0.4, -0.2) is 56.4 Å². The minimum atomic E-state index is -0.512. The Morgan fingerprint density at radius 2 is 1.97 bits per heavy atom. The number of rotatable bonds is 9. The van der Waals surface area contributed by atoms with Crippen molar-refractivity contribution in [1.29, 1.82) is 0 Å². The predicted octanol–water partition coefficient (Wildman–Crippen LogP) is 3.51. The summed E-state index contributed by atoms with van der Waals surface area (Å²) in [6.45, 7) is 8.72. The molecule has 3 N–H and O–H groups in total. The summed E-state index contributed by atoms with van der Waals surface area (Å²) in [5.74, 6) is 1.59. The van der Waals surface area contributed by atoms with Crippen LogP contribution >= 0.6 is 24.0 Å². The number of halogens is 1. The number of carbonyl (C=O) groups excluding carboxylic acids is 1. The normalized spacial score (nSPS) is 12.4. The number of aromatic nitrogens is 1. The lowest BCUT2D eigenvalue weighted by atomic mass is 10.1. The largest absolute Gasteiger partial charge is 0.444 e. The monoisotopic (exact) mass is 534 g/mol. The first-order valence-corrected chi connectivity index (χ1v) is 10.2. The van der Waals surface area contributed by atoms with Gasteiger partial charge in [0.2, 0.25) is 0 Å². The molecule has 1 aromatic heterocycles. The maximum absolute atomic E-state index is 12.0. The summed E-state index contributed by atoms with van der Waals surface area (Å²) < 4.78 is 5.32. The van der Waals surface area contributed by atoms with E-state index in [4.69, 9.17) is 4.74 Å². The predicted molar refractivity (Wildman–Crippen MR) is 135 cm³/mol. The molecule has 8 nitrogen and oxygen atoms in total. The Kier molecular flexibility index (Phi) is 13.4. The molecule has 0 aliphatic carbocycles. The number of carbonyl (C=O) groups is 1. The van der Waals surface area contributed by atoms with Gasteiger partial charge in [-0.1, -0.05) is 25.8 Å². The van der Waals surface area contributed by atoms with E-state index in [2.05, 4.69) is 32.9 Å². The van der Waals surface area contributed by atoms with Crippen molar-refractivity contribution in [1.82, 2.24) is 20.9 Å². The number of aliphatic imine (C=N–C) groups is 1. The zero-order valence-electron chi connectivity index (χ0n) is 19.4. The number of hydrogen-bond acceptors (Lipinski definition) is 5. The fraction of sp³-hybridized carbons (Fsp3) is 0.667. The van der Waals surface area contributed by atoms with Gasteiger partial charge in [0.25, 0.3) is 0 Å². The first kappa shape index (κ1) is 28.2. The fourth-order valence-electron chi connectivity index (χ4n) is 2.57. The number of unbranched alkanes of at least 4 members (excludes halogenated alkanes) is 1. The number of ether oxygens (including phenoxy) is 1. The summed E-state index contributed by atoms with van der Waals surface area (Å²) in [6.07, 6.45) is 2.64. The maximum atomic E-state index is 12.0.